The number of piperidine rings is 1. The molecule has 18 heavy (non-hydrogen) atoms. The average molecular weight is 248 g/mol. The summed E-state index contributed by atoms with van der Waals surface area (Å²) in [6, 6.07) is 6.28. The largest absolute Gasteiger partial charge is 0.508 e. The number of anilines is 1. The van der Waals surface area contributed by atoms with E-state index >= 15 is 0 Å². The summed E-state index contributed by atoms with van der Waals surface area (Å²) in [5.74, 6) is 1.11. The standard InChI is InChI=1S/C15H24N2O/c1-10-6-7-17(11(2)8-10)13-4-5-14(12(3)16)15(18)9-13/h4-5,9-12,18H,6-8,16H2,1-3H3. The van der Waals surface area contributed by atoms with E-state index in [2.05, 4.69) is 24.8 Å². The van der Waals surface area contributed by atoms with Gasteiger partial charge in [0.05, 0.1) is 0 Å². The molecule has 3 unspecified atom stereocenters. The van der Waals surface area contributed by atoms with Crippen molar-refractivity contribution in [2.75, 3.05) is 11.4 Å². The molecule has 1 aromatic rings. The van der Waals surface area contributed by atoms with E-state index in [0.717, 1.165) is 23.7 Å². The molecule has 0 radical (unpaired) electrons. The van der Waals surface area contributed by atoms with Gasteiger partial charge in [-0.2, -0.15) is 0 Å². The van der Waals surface area contributed by atoms with Crippen molar-refractivity contribution in [2.24, 2.45) is 11.7 Å². The molecule has 3 N–H and O–H groups in total. The third-order valence-electron chi connectivity index (χ3n) is 3.97. The molecule has 1 aliphatic rings. The molecule has 3 nitrogen and oxygen atoms in total. The summed E-state index contributed by atoms with van der Waals surface area (Å²) in [5.41, 5.74) is 7.74. The minimum absolute atomic E-state index is 0.127. The Labute approximate surface area is 110 Å². The van der Waals surface area contributed by atoms with E-state index in [0.29, 0.717) is 11.8 Å². The highest BCUT2D eigenvalue weighted by Gasteiger charge is 2.23. The topological polar surface area (TPSA) is 49.5 Å². The van der Waals surface area contributed by atoms with Gasteiger partial charge >= 0.3 is 0 Å². The van der Waals surface area contributed by atoms with Crippen LogP contribution in [0.3, 0.4) is 0 Å². The summed E-state index contributed by atoms with van der Waals surface area (Å²) >= 11 is 0. The summed E-state index contributed by atoms with van der Waals surface area (Å²) < 4.78 is 0. The van der Waals surface area contributed by atoms with Crippen LogP contribution in [0.5, 0.6) is 5.75 Å². The van der Waals surface area contributed by atoms with E-state index in [9.17, 15) is 5.11 Å². The van der Waals surface area contributed by atoms with Crippen molar-refractivity contribution in [1.29, 1.82) is 0 Å². The zero-order valence-electron chi connectivity index (χ0n) is 11.6. The van der Waals surface area contributed by atoms with Gasteiger partial charge in [0.1, 0.15) is 5.75 Å². The number of nitrogens with two attached hydrogens (primary N) is 1. The van der Waals surface area contributed by atoms with E-state index in [1.54, 1.807) is 0 Å². The molecule has 3 heteroatoms. The van der Waals surface area contributed by atoms with Gasteiger partial charge in [0.25, 0.3) is 0 Å². The highest BCUT2D eigenvalue weighted by molar-refractivity contribution is 5.54. The lowest BCUT2D eigenvalue weighted by atomic mass is 9.92. The number of phenolic OH excluding ortho intramolecular Hbond substituents is 1. The zero-order chi connectivity index (χ0) is 13.3. The second-order valence-corrected chi connectivity index (χ2v) is 5.70. The highest BCUT2D eigenvalue weighted by Crippen LogP contribution is 2.32. The summed E-state index contributed by atoms with van der Waals surface area (Å²) in [7, 11) is 0. The first-order chi connectivity index (χ1) is 8.49. The van der Waals surface area contributed by atoms with E-state index in [-0.39, 0.29) is 6.04 Å². The molecule has 0 aliphatic carbocycles. The lowest BCUT2D eigenvalue weighted by molar-refractivity contribution is 0.377. The molecular weight excluding hydrogens is 224 g/mol. The minimum atomic E-state index is -0.127. The molecule has 100 valence electrons. The quantitative estimate of drug-likeness (QED) is 0.845. The fourth-order valence-electron chi connectivity index (χ4n) is 2.89. The van der Waals surface area contributed by atoms with Crippen LogP contribution in [0.1, 0.15) is 45.2 Å². The molecule has 3 atom stereocenters. The van der Waals surface area contributed by atoms with Crippen LogP contribution >= 0.6 is 0 Å². The number of aromatic hydroxyl groups is 1. The Balaban J connectivity index is 2.21. The second kappa shape index (κ2) is 5.19. The second-order valence-electron chi connectivity index (χ2n) is 5.70. The lowest BCUT2D eigenvalue weighted by Gasteiger charge is -2.38. The van der Waals surface area contributed by atoms with Crippen molar-refractivity contribution in [3.8, 4) is 5.75 Å². The van der Waals surface area contributed by atoms with Gasteiger partial charge in [-0.1, -0.05) is 13.0 Å². The van der Waals surface area contributed by atoms with Crippen molar-refractivity contribution in [3.05, 3.63) is 23.8 Å². The van der Waals surface area contributed by atoms with Gasteiger partial charge in [-0.05, 0) is 38.7 Å². The maximum absolute atomic E-state index is 10.0. The summed E-state index contributed by atoms with van der Waals surface area (Å²) in [6.07, 6.45) is 2.44. The van der Waals surface area contributed by atoms with Gasteiger partial charge in [0, 0.05) is 35.9 Å². The van der Waals surface area contributed by atoms with Crippen LogP contribution in [0.4, 0.5) is 5.69 Å². The highest BCUT2D eigenvalue weighted by atomic mass is 16.3. The fourth-order valence-corrected chi connectivity index (χ4v) is 2.89. The van der Waals surface area contributed by atoms with Gasteiger partial charge in [-0.25, -0.2) is 0 Å². The summed E-state index contributed by atoms with van der Waals surface area (Å²) in [5, 5.41) is 10.0. The summed E-state index contributed by atoms with van der Waals surface area (Å²) in [4.78, 5) is 2.38. The zero-order valence-corrected chi connectivity index (χ0v) is 11.6. The Kier molecular flexibility index (Phi) is 3.81. The van der Waals surface area contributed by atoms with E-state index in [1.807, 2.05) is 19.1 Å². The normalized spacial score (nSPS) is 26.1. The van der Waals surface area contributed by atoms with Crippen LogP contribution in [-0.2, 0) is 0 Å². The molecule has 0 aromatic heterocycles. The van der Waals surface area contributed by atoms with Crippen LogP contribution in [0, 0.1) is 5.92 Å². The number of hydrogen-bond acceptors (Lipinski definition) is 3. The van der Waals surface area contributed by atoms with Gasteiger partial charge in [0.2, 0.25) is 0 Å². The first-order valence-corrected chi connectivity index (χ1v) is 6.84. The van der Waals surface area contributed by atoms with Crippen LogP contribution < -0.4 is 10.6 Å². The molecule has 0 saturated carbocycles. The number of nitrogens with zero attached hydrogens (tertiary/aromatic N) is 1. The monoisotopic (exact) mass is 248 g/mol. The van der Waals surface area contributed by atoms with Crippen LogP contribution in [0.15, 0.2) is 18.2 Å². The van der Waals surface area contributed by atoms with E-state index < -0.39 is 0 Å². The van der Waals surface area contributed by atoms with Gasteiger partial charge in [0.15, 0.2) is 0 Å². The van der Waals surface area contributed by atoms with Crippen LogP contribution in [-0.4, -0.2) is 17.7 Å². The fraction of sp³-hybridized carbons (Fsp3) is 0.600. The molecule has 0 bridgehead atoms. The Morgan fingerprint density at radius 2 is 2.11 bits per heavy atom. The Morgan fingerprint density at radius 1 is 1.39 bits per heavy atom. The summed E-state index contributed by atoms with van der Waals surface area (Å²) in [6.45, 7) is 7.52. The Hall–Kier alpha value is -1.22. The third kappa shape index (κ3) is 2.61. The lowest BCUT2D eigenvalue weighted by Crippen LogP contribution is -2.40. The van der Waals surface area contributed by atoms with E-state index in [4.69, 9.17) is 5.73 Å². The number of phenols is 1. The minimum Gasteiger partial charge on any atom is -0.508 e. The van der Waals surface area contributed by atoms with Gasteiger partial charge < -0.3 is 15.7 Å². The smallest absolute Gasteiger partial charge is 0.122 e. The first kappa shape index (κ1) is 13.2. The van der Waals surface area contributed by atoms with Crippen molar-refractivity contribution in [3.63, 3.8) is 0 Å². The molecule has 1 saturated heterocycles. The van der Waals surface area contributed by atoms with E-state index in [1.165, 1.54) is 12.8 Å². The predicted octanol–water partition coefficient (Wildman–Crippen LogP) is 3.04. The maximum Gasteiger partial charge on any atom is 0.122 e. The Bertz CT molecular complexity index is 417. The van der Waals surface area contributed by atoms with Gasteiger partial charge in [-0.15, -0.1) is 0 Å². The molecule has 1 aliphatic heterocycles. The molecular formula is C15H24N2O. The molecule has 1 aromatic carbocycles. The van der Waals surface area contributed by atoms with Crippen molar-refractivity contribution < 1.29 is 5.11 Å². The van der Waals surface area contributed by atoms with Gasteiger partial charge in [-0.3, -0.25) is 0 Å². The first-order valence-electron chi connectivity index (χ1n) is 6.84. The SMILES string of the molecule is CC1CCN(c2ccc(C(C)N)c(O)c2)C(C)C1. The average Bonchev–Trinajstić information content (AvgIpc) is 2.28. The van der Waals surface area contributed by atoms with Crippen LogP contribution in [0.2, 0.25) is 0 Å². The molecule has 1 heterocycles. The maximum atomic E-state index is 10.0. The Morgan fingerprint density at radius 3 is 2.67 bits per heavy atom. The van der Waals surface area contributed by atoms with Crippen molar-refractivity contribution in [1.82, 2.24) is 0 Å². The molecule has 0 amide bonds. The molecule has 0 spiro atoms. The molecule has 1 fully saturated rings. The molecule has 2 rings (SSSR count). The van der Waals surface area contributed by atoms with Crippen molar-refractivity contribution in [2.45, 2.75) is 45.7 Å². The number of hydrogen-bond donors (Lipinski definition) is 2. The predicted molar refractivity (Wildman–Crippen MR) is 75.9 cm³/mol. The van der Waals surface area contributed by atoms with Crippen LogP contribution in [0.25, 0.3) is 0 Å². The number of benzene rings is 1. The number of rotatable bonds is 2. The van der Waals surface area contributed by atoms with Crippen molar-refractivity contribution >= 4 is 5.69 Å². The third-order valence-corrected chi connectivity index (χ3v) is 3.97.